The van der Waals surface area contributed by atoms with E-state index in [1.54, 1.807) is 0 Å². The maximum atomic E-state index is 11.7. The summed E-state index contributed by atoms with van der Waals surface area (Å²) >= 11 is 0. The Balaban J connectivity index is 5.95. The number of carbonyl (C=O) groups excluding carboxylic acids is 4. The lowest BCUT2D eigenvalue weighted by Gasteiger charge is -2.11. The summed E-state index contributed by atoms with van der Waals surface area (Å²) in [5.74, 6) is -3.36. The zero-order valence-corrected chi connectivity index (χ0v) is 10.3. The van der Waals surface area contributed by atoms with Crippen molar-refractivity contribution in [3.05, 3.63) is 68.2 Å². The predicted molar refractivity (Wildman–Crippen MR) is 72.1 cm³/mol. The first-order chi connectivity index (χ1) is 8.92. The third kappa shape index (κ3) is 4.27. The zero-order valence-electron chi connectivity index (χ0n) is 10.3. The van der Waals surface area contributed by atoms with Crippen molar-refractivity contribution in [1.29, 1.82) is 0 Å². The highest BCUT2D eigenvalue weighted by Gasteiger charge is 2.31. The first kappa shape index (κ1) is 16.4. The van der Waals surface area contributed by atoms with Gasteiger partial charge in [0.25, 0.3) is 0 Å². The summed E-state index contributed by atoms with van der Waals surface area (Å²) < 4.78 is 0. The zero-order chi connectivity index (χ0) is 15.0. The lowest BCUT2D eigenvalue weighted by Crippen LogP contribution is -2.25. The van der Waals surface area contributed by atoms with Crippen LogP contribution in [-0.2, 0) is 19.2 Å². The summed E-state index contributed by atoms with van der Waals surface area (Å²) in [6.45, 7) is 13.0. The highest BCUT2D eigenvalue weighted by Crippen LogP contribution is 2.19. The minimum Gasteiger partial charge on any atom is -0.293 e. The Bertz CT molecular complexity index is 486. The smallest absolute Gasteiger partial charge is 0.182 e. The van der Waals surface area contributed by atoms with Crippen molar-refractivity contribution in [1.82, 2.24) is 0 Å². The Kier molecular flexibility index (Phi) is 6.60. The van der Waals surface area contributed by atoms with Crippen LogP contribution in [0.25, 0.3) is 0 Å². The van der Waals surface area contributed by atoms with Crippen molar-refractivity contribution in [3.63, 3.8) is 0 Å². The first-order valence-electron chi connectivity index (χ1n) is 5.18. The minimum absolute atomic E-state index is 0.352. The fourth-order valence-corrected chi connectivity index (χ4v) is 1.17. The molecule has 1 radical (unpaired) electrons. The van der Waals surface area contributed by atoms with Gasteiger partial charge in [0.2, 0.25) is 0 Å². The van der Waals surface area contributed by atoms with Crippen LogP contribution in [0, 0.1) is 5.92 Å². The molecule has 0 aliphatic carbocycles. The van der Waals surface area contributed by atoms with Crippen molar-refractivity contribution < 1.29 is 19.2 Å². The number of carbonyl (C=O) groups is 4. The van der Waals surface area contributed by atoms with Gasteiger partial charge in [0.05, 0.1) is 0 Å². The Morgan fingerprint density at radius 1 is 0.632 bits per heavy atom. The van der Waals surface area contributed by atoms with Gasteiger partial charge in [0, 0.05) is 5.57 Å². The molecule has 0 saturated heterocycles. The van der Waals surface area contributed by atoms with Gasteiger partial charge < -0.3 is 0 Å². The molecule has 0 aromatic carbocycles. The van der Waals surface area contributed by atoms with Crippen molar-refractivity contribution in [2.45, 2.75) is 0 Å². The number of allylic oxidation sites excluding steroid dienone is 6. The summed E-state index contributed by atoms with van der Waals surface area (Å²) in [7, 11) is 0. The molecule has 0 rings (SSSR count). The number of rotatable bonds is 9. The van der Waals surface area contributed by atoms with E-state index in [-0.39, 0.29) is 5.57 Å². The molecule has 19 heavy (non-hydrogen) atoms. The third-order valence-corrected chi connectivity index (χ3v) is 2.07. The quantitative estimate of drug-likeness (QED) is 0.464. The molecule has 0 spiro atoms. The molecule has 0 fully saturated rings. The van der Waals surface area contributed by atoms with Crippen LogP contribution in [0.4, 0.5) is 0 Å². The second-order valence-electron chi connectivity index (χ2n) is 3.24. The van der Waals surface area contributed by atoms with Crippen LogP contribution in [0.2, 0.25) is 0 Å². The lowest BCUT2D eigenvalue weighted by molar-refractivity contribution is -0.121. The molecule has 4 heteroatoms. The molecule has 0 aromatic rings. The van der Waals surface area contributed by atoms with E-state index < -0.39 is 29.1 Å². The van der Waals surface area contributed by atoms with Crippen LogP contribution in [-0.4, -0.2) is 23.1 Å². The van der Waals surface area contributed by atoms with Gasteiger partial charge in [-0.2, -0.15) is 0 Å². The average Bonchev–Trinajstić information content (AvgIpc) is 2.44. The monoisotopic (exact) mass is 257 g/mol. The molecule has 0 amide bonds. The molecule has 0 atom stereocenters. The Morgan fingerprint density at radius 3 is 1.37 bits per heavy atom. The van der Waals surface area contributed by atoms with E-state index in [1.165, 1.54) is 0 Å². The van der Waals surface area contributed by atoms with Gasteiger partial charge in [-0.15, -0.1) is 0 Å². The SMILES string of the molecule is C=CC(=O)C=C([C](C(=O)C=C)C(=O)C=C)C(=O)C=C. The summed E-state index contributed by atoms with van der Waals surface area (Å²) in [6.07, 6.45) is 4.45. The highest BCUT2D eigenvalue weighted by molar-refractivity contribution is 6.33. The molecule has 0 aliphatic rings. The number of hydrogen-bond acceptors (Lipinski definition) is 4. The molecule has 0 aromatic heterocycles. The van der Waals surface area contributed by atoms with Gasteiger partial charge in [-0.3, -0.25) is 19.2 Å². The summed E-state index contributed by atoms with van der Waals surface area (Å²) in [5, 5.41) is 0. The predicted octanol–water partition coefficient (Wildman–Crippen LogP) is 1.51. The van der Waals surface area contributed by atoms with Crippen molar-refractivity contribution in [2.75, 3.05) is 0 Å². The molecule has 0 saturated carbocycles. The molecule has 0 bridgehead atoms. The van der Waals surface area contributed by atoms with Crippen LogP contribution in [0.15, 0.2) is 62.3 Å². The van der Waals surface area contributed by atoms with E-state index in [4.69, 9.17) is 0 Å². The topological polar surface area (TPSA) is 68.3 Å². The highest BCUT2D eigenvalue weighted by atomic mass is 16.2. The molecule has 0 unspecified atom stereocenters. The maximum Gasteiger partial charge on any atom is 0.182 e. The molecular weight excluding hydrogens is 244 g/mol. The fraction of sp³-hybridized carbons (Fsp3) is 0. The Labute approximate surface area is 111 Å². The second kappa shape index (κ2) is 7.66. The standard InChI is InChI=1S/C15H13O4/c1-5-10(16)9-11(12(17)6-2)15(13(18)7-3)14(19)8-4/h5-9H,1-4H2. The number of hydrogen-bond donors (Lipinski definition) is 0. The van der Waals surface area contributed by atoms with Gasteiger partial charge in [-0.05, 0) is 30.4 Å². The molecule has 0 heterocycles. The summed E-state index contributed by atoms with van der Waals surface area (Å²) in [5.41, 5.74) is -0.352. The van der Waals surface area contributed by atoms with Crippen molar-refractivity contribution in [2.24, 2.45) is 0 Å². The maximum absolute atomic E-state index is 11.7. The third-order valence-electron chi connectivity index (χ3n) is 2.07. The molecule has 0 aliphatic heterocycles. The van der Waals surface area contributed by atoms with Crippen molar-refractivity contribution in [3.8, 4) is 0 Å². The van der Waals surface area contributed by atoms with E-state index >= 15 is 0 Å². The van der Waals surface area contributed by atoms with Crippen LogP contribution < -0.4 is 0 Å². The van der Waals surface area contributed by atoms with Gasteiger partial charge in [0.15, 0.2) is 23.1 Å². The van der Waals surface area contributed by atoms with Crippen LogP contribution in [0.5, 0.6) is 0 Å². The van der Waals surface area contributed by atoms with Crippen molar-refractivity contribution >= 4 is 23.1 Å². The molecule has 97 valence electrons. The van der Waals surface area contributed by atoms with Crippen LogP contribution >= 0.6 is 0 Å². The van der Waals surface area contributed by atoms with Gasteiger partial charge in [-0.1, -0.05) is 26.3 Å². The largest absolute Gasteiger partial charge is 0.293 e. The van der Waals surface area contributed by atoms with Crippen LogP contribution in [0.1, 0.15) is 0 Å². The summed E-state index contributed by atoms with van der Waals surface area (Å²) in [6, 6.07) is 0. The molecule has 0 N–H and O–H groups in total. The fourth-order valence-electron chi connectivity index (χ4n) is 1.17. The molecular formula is C15H13O4. The van der Waals surface area contributed by atoms with E-state index in [1.807, 2.05) is 0 Å². The Morgan fingerprint density at radius 2 is 1.05 bits per heavy atom. The van der Waals surface area contributed by atoms with E-state index in [9.17, 15) is 19.2 Å². The average molecular weight is 257 g/mol. The van der Waals surface area contributed by atoms with Crippen LogP contribution in [0.3, 0.4) is 0 Å². The van der Waals surface area contributed by atoms with Gasteiger partial charge >= 0.3 is 0 Å². The normalized spacial score (nSPS) is 10.5. The first-order valence-corrected chi connectivity index (χ1v) is 5.18. The minimum atomic E-state index is -0.775. The second-order valence-corrected chi connectivity index (χ2v) is 3.24. The Hall–Kier alpha value is -2.62. The molecule has 4 nitrogen and oxygen atoms in total. The van der Waals surface area contributed by atoms with Gasteiger partial charge in [-0.25, -0.2) is 0 Å². The van der Waals surface area contributed by atoms with E-state index in [0.29, 0.717) is 0 Å². The number of ketones is 4. The lowest BCUT2D eigenvalue weighted by atomic mass is 9.86. The van der Waals surface area contributed by atoms with E-state index in [0.717, 1.165) is 30.4 Å². The summed E-state index contributed by atoms with van der Waals surface area (Å²) in [4.78, 5) is 46.3. The van der Waals surface area contributed by atoms with Gasteiger partial charge in [0.1, 0.15) is 5.92 Å². The van der Waals surface area contributed by atoms with E-state index in [2.05, 4.69) is 26.3 Å².